The van der Waals surface area contributed by atoms with E-state index in [9.17, 15) is 0 Å². The van der Waals surface area contributed by atoms with E-state index in [1.54, 1.807) is 0 Å². The highest BCUT2D eigenvalue weighted by molar-refractivity contribution is 5.04. The van der Waals surface area contributed by atoms with Crippen molar-refractivity contribution in [2.24, 2.45) is 10.8 Å². The molecule has 2 rings (SSSR count). The summed E-state index contributed by atoms with van der Waals surface area (Å²) >= 11 is 0. The molecule has 2 fully saturated rings. The third-order valence-corrected chi connectivity index (χ3v) is 4.39. The van der Waals surface area contributed by atoms with Gasteiger partial charge in [-0.1, -0.05) is 41.5 Å². The monoisotopic (exact) mass is 242 g/mol. The molecule has 0 radical (unpaired) electrons. The van der Waals surface area contributed by atoms with Crippen molar-refractivity contribution in [3.05, 3.63) is 0 Å². The topological polar surface area (TPSA) is 34.3 Å². The Bertz CT molecular complexity index is 258. The Labute approximate surface area is 105 Å². The predicted molar refractivity (Wildman–Crippen MR) is 67.1 cm³/mol. The van der Waals surface area contributed by atoms with Crippen molar-refractivity contribution in [1.29, 1.82) is 0 Å². The molecule has 2 atom stereocenters. The fourth-order valence-corrected chi connectivity index (χ4v) is 2.02. The number of hydrogen-bond acceptors (Lipinski definition) is 3. The highest BCUT2D eigenvalue weighted by Crippen LogP contribution is 2.47. The van der Waals surface area contributed by atoms with Gasteiger partial charge in [0.25, 0.3) is 0 Å². The van der Waals surface area contributed by atoms with E-state index >= 15 is 0 Å². The molecule has 0 bridgehead atoms. The van der Waals surface area contributed by atoms with Crippen LogP contribution in [-0.4, -0.2) is 37.6 Å². The molecule has 100 valence electrons. The fourth-order valence-electron chi connectivity index (χ4n) is 2.02. The van der Waals surface area contributed by atoms with Crippen molar-refractivity contribution in [1.82, 2.24) is 0 Å². The molecule has 3 heteroatoms. The lowest BCUT2D eigenvalue weighted by molar-refractivity contribution is -0.0169. The normalized spacial score (nSPS) is 37.1. The van der Waals surface area contributed by atoms with E-state index in [2.05, 4.69) is 41.5 Å². The first-order valence-corrected chi connectivity index (χ1v) is 6.48. The molecule has 0 spiro atoms. The van der Waals surface area contributed by atoms with Crippen molar-refractivity contribution in [2.75, 3.05) is 26.4 Å². The molecule has 0 aromatic rings. The van der Waals surface area contributed by atoms with E-state index in [1.165, 1.54) is 0 Å². The second kappa shape index (κ2) is 3.69. The summed E-state index contributed by atoms with van der Waals surface area (Å²) in [5.41, 5.74) is 0.153. The van der Waals surface area contributed by atoms with Gasteiger partial charge in [-0.25, -0.2) is 0 Å². The Morgan fingerprint density at radius 2 is 1.12 bits per heavy atom. The summed E-state index contributed by atoms with van der Waals surface area (Å²) in [6, 6.07) is 0. The van der Waals surface area contributed by atoms with Gasteiger partial charge in [-0.3, -0.25) is 0 Å². The van der Waals surface area contributed by atoms with Gasteiger partial charge < -0.3 is 14.2 Å². The summed E-state index contributed by atoms with van der Waals surface area (Å²) in [7, 11) is 0. The van der Waals surface area contributed by atoms with Crippen LogP contribution in [0.1, 0.15) is 41.5 Å². The Kier molecular flexibility index (Phi) is 2.89. The van der Waals surface area contributed by atoms with Crippen LogP contribution in [0.5, 0.6) is 0 Å². The van der Waals surface area contributed by atoms with Crippen LogP contribution in [0, 0.1) is 10.8 Å². The molecule has 0 saturated carbocycles. The molecule has 2 saturated heterocycles. The van der Waals surface area contributed by atoms with Crippen LogP contribution in [-0.2, 0) is 14.2 Å². The first-order chi connectivity index (χ1) is 7.62. The predicted octanol–water partition coefficient (Wildman–Crippen LogP) is 2.63. The number of hydrogen-bond donors (Lipinski definition) is 0. The van der Waals surface area contributed by atoms with Gasteiger partial charge in [-0.05, 0) is 10.8 Å². The van der Waals surface area contributed by atoms with Gasteiger partial charge >= 0.3 is 0 Å². The molecule has 2 aliphatic rings. The van der Waals surface area contributed by atoms with Crippen molar-refractivity contribution >= 4 is 0 Å². The number of ether oxygens (including phenoxy) is 3. The van der Waals surface area contributed by atoms with Crippen LogP contribution in [0.25, 0.3) is 0 Å². The van der Waals surface area contributed by atoms with Crippen LogP contribution < -0.4 is 0 Å². The lowest BCUT2D eigenvalue weighted by atomic mass is 9.80. The largest absolute Gasteiger partial charge is 0.375 e. The Hall–Kier alpha value is -0.120. The minimum Gasteiger partial charge on any atom is -0.375 e. The number of rotatable bonds is 4. The second-order valence-electron chi connectivity index (χ2n) is 7.56. The van der Waals surface area contributed by atoms with Crippen molar-refractivity contribution in [2.45, 2.75) is 52.7 Å². The first kappa shape index (κ1) is 13.3. The number of epoxide rings is 2. The van der Waals surface area contributed by atoms with Crippen LogP contribution in [0.15, 0.2) is 0 Å². The van der Waals surface area contributed by atoms with Crippen molar-refractivity contribution in [3.63, 3.8) is 0 Å². The van der Waals surface area contributed by atoms with Crippen LogP contribution >= 0.6 is 0 Å². The fraction of sp³-hybridized carbons (Fsp3) is 1.00. The zero-order valence-corrected chi connectivity index (χ0v) is 12.1. The van der Waals surface area contributed by atoms with Gasteiger partial charge in [0, 0.05) is 0 Å². The van der Waals surface area contributed by atoms with Crippen molar-refractivity contribution < 1.29 is 14.2 Å². The molecular formula is C14H26O3. The molecular weight excluding hydrogens is 216 g/mol. The molecule has 0 aromatic carbocycles. The molecule has 0 amide bonds. The maximum Gasteiger partial charge on any atom is 0.120 e. The van der Waals surface area contributed by atoms with Gasteiger partial charge in [-0.2, -0.15) is 0 Å². The molecule has 2 heterocycles. The van der Waals surface area contributed by atoms with E-state index in [0.29, 0.717) is 13.2 Å². The Morgan fingerprint density at radius 1 is 0.824 bits per heavy atom. The SMILES string of the molecule is CC(C)(C)[C@]1(COC[C@@]2(C(C)(C)C)CO2)CO1. The summed E-state index contributed by atoms with van der Waals surface area (Å²) < 4.78 is 17.1. The van der Waals surface area contributed by atoms with Gasteiger partial charge in [0.05, 0.1) is 26.4 Å². The lowest BCUT2D eigenvalue weighted by Crippen LogP contribution is -2.39. The summed E-state index contributed by atoms with van der Waals surface area (Å²) in [4.78, 5) is 0. The zero-order chi connectivity index (χ0) is 12.9. The van der Waals surface area contributed by atoms with E-state index in [-0.39, 0.29) is 22.0 Å². The minimum atomic E-state index is -0.0685. The maximum atomic E-state index is 5.89. The zero-order valence-electron chi connectivity index (χ0n) is 12.1. The van der Waals surface area contributed by atoms with E-state index in [0.717, 1.165) is 13.2 Å². The van der Waals surface area contributed by atoms with Gasteiger partial charge in [0.15, 0.2) is 0 Å². The molecule has 17 heavy (non-hydrogen) atoms. The summed E-state index contributed by atoms with van der Waals surface area (Å²) in [5.74, 6) is 0. The van der Waals surface area contributed by atoms with Crippen LogP contribution in [0.2, 0.25) is 0 Å². The van der Waals surface area contributed by atoms with E-state index in [4.69, 9.17) is 14.2 Å². The van der Waals surface area contributed by atoms with Gasteiger partial charge in [-0.15, -0.1) is 0 Å². The summed E-state index contributed by atoms with van der Waals surface area (Å²) in [5, 5.41) is 0. The average molecular weight is 242 g/mol. The third kappa shape index (κ3) is 2.38. The van der Waals surface area contributed by atoms with Gasteiger partial charge in [0.2, 0.25) is 0 Å². The van der Waals surface area contributed by atoms with Crippen molar-refractivity contribution in [3.8, 4) is 0 Å². The lowest BCUT2D eigenvalue weighted by Gasteiger charge is -2.30. The maximum absolute atomic E-state index is 5.89. The average Bonchev–Trinajstić information content (AvgIpc) is 2.92. The Balaban J connectivity index is 1.82. The van der Waals surface area contributed by atoms with Crippen LogP contribution in [0.4, 0.5) is 0 Å². The molecule has 0 unspecified atom stereocenters. The molecule has 2 aliphatic heterocycles. The molecule has 0 aliphatic carbocycles. The third-order valence-electron chi connectivity index (χ3n) is 4.39. The highest BCUT2D eigenvalue weighted by atomic mass is 16.6. The quantitative estimate of drug-likeness (QED) is 0.711. The molecule has 0 aromatic heterocycles. The first-order valence-electron chi connectivity index (χ1n) is 6.48. The summed E-state index contributed by atoms with van der Waals surface area (Å²) in [6.07, 6.45) is 0. The second-order valence-corrected chi connectivity index (χ2v) is 7.56. The van der Waals surface area contributed by atoms with Crippen LogP contribution in [0.3, 0.4) is 0 Å². The smallest absolute Gasteiger partial charge is 0.120 e. The minimum absolute atomic E-state index is 0.0685. The van der Waals surface area contributed by atoms with E-state index < -0.39 is 0 Å². The highest BCUT2D eigenvalue weighted by Gasteiger charge is 2.57. The van der Waals surface area contributed by atoms with Gasteiger partial charge in [0.1, 0.15) is 11.2 Å². The Morgan fingerprint density at radius 3 is 1.29 bits per heavy atom. The molecule has 3 nitrogen and oxygen atoms in total. The molecule has 0 N–H and O–H groups in total. The van der Waals surface area contributed by atoms with E-state index in [1.807, 2.05) is 0 Å². The standard InChI is InChI=1S/C14H26O3/c1-11(2,3)13(9-16-13)7-15-8-14(10-17-14)12(4,5)6/h7-10H2,1-6H3/t13-,14-/m0/s1. The summed E-state index contributed by atoms with van der Waals surface area (Å²) in [6.45, 7) is 16.2.